The van der Waals surface area contributed by atoms with Gasteiger partial charge in [-0.05, 0) is 12.1 Å². The molecule has 0 aliphatic rings. The van der Waals surface area contributed by atoms with Gasteiger partial charge in [0.05, 0.1) is 23.4 Å². The zero-order chi connectivity index (χ0) is 15.4. The molecule has 1 heterocycles. The van der Waals surface area contributed by atoms with E-state index in [1.807, 2.05) is 0 Å². The van der Waals surface area contributed by atoms with Crippen LogP contribution in [0.3, 0.4) is 0 Å². The van der Waals surface area contributed by atoms with Crippen molar-refractivity contribution in [2.45, 2.75) is 0 Å². The van der Waals surface area contributed by atoms with Crippen molar-refractivity contribution in [3.05, 3.63) is 49.1 Å². The number of halogens is 3. The lowest BCUT2D eigenvalue weighted by molar-refractivity contribution is 0.0516. The van der Waals surface area contributed by atoms with Gasteiger partial charge in [0.2, 0.25) is 0 Å². The summed E-state index contributed by atoms with van der Waals surface area (Å²) >= 11 is 19.0. The molecule has 0 atom stereocenters. The van der Waals surface area contributed by atoms with E-state index in [1.54, 1.807) is 18.2 Å². The maximum Gasteiger partial charge on any atom is 0.370 e. The molecular weight excluding hydrogens is 357 g/mol. The minimum Gasteiger partial charge on any atom is -0.493 e. The van der Waals surface area contributed by atoms with E-state index >= 15 is 0 Å². The fraction of sp³-hybridized carbons (Fsp3) is 0.0769. The fourth-order valence-electron chi connectivity index (χ4n) is 1.46. The van der Waals surface area contributed by atoms with Gasteiger partial charge in [-0.25, -0.2) is 4.79 Å². The van der Waals surface area contributed by atoms with Crippen molar-refractivity contribution in [3.63, 3.8) is 0 Å². The van der Waals surface area contributed by atoms with Gasteiger partial charge in [-0.2, -0.15) is 0 Å². The minimum atomic E-state index is -0.686. The zero-order valence-corrected chi connectivity index (χ0v) is 13.7. The molecule has 110 valence electrons. The monoisotopic (exact) mass is 363 g/mol. The summed E-state index contributed by atoms with van der Waals surface area (Å²) in [5.74, 6) is -0.424. The highest BCUT2D eigenvalue weighted by molar-refractivity contribution is 7.15. The molecule has 21 heavy (non-hydrogen) atoms. The molecule has 0 saturated carbocycles. The van der Waals surface area contributed by atoms with Gasteiger partial charge in [-0.1, -0.05) is 46.0 Å². The highest BCUT2D eigenvalue weighted by Crippen LogP contribution is 2.35. The van der Waals surface area contributed by atoms with Crippen LogP contribution in [0.4, 0.5) is 0 Å². The second-order valence-corrected chi connectivity index (χ2v) is 6.00. The summed E-state index contributed by atoms with van der Waals surface area (Å²) in [5, 5.41) is 5.92. The van der Waals surface area contributed by atoms with Crippen molar-refractivity contribution in [3.8, 4) is 5.75 Å². The number of carbonyl (C=O) groups is 1. The fourth-order valence-corrected chi connectivity index (χ4v) is 3.00. The van der Waals surface area contributed by atoms with Crippen molar-refractivity contribution < 1.29 is 14.4 Å². The average molecular weight is 365 g/mol. The SMILES string of the molecule is COc1c(C(=O)O/N=C\c2c(Cl)cccc2Cl)csc1Cl. The molecule has 0 amide bonds. The highest BCUT2D eigenvalue weighted by Gasteiger charge is 2.19. The lowest BCUT2D eigenvalue weighted by atomic mass is 10.2. The van der Waals surface area contributed by atoms with Crippen LogP contribution in [0.2, 0.25) is 14.4 Å². The Morgan fingerprint density at radius 1 is 1.29 bits per heavy atom. The van der Waals surface area contributed by atoms with Crippen LogP contribution in [0.5, 0.6) is 5.75 Å². The number of benzene rings is 1. The van der Waals surface area contributed by atoms with Crippen molar-refractivity contribution in [2.24, 2.45) is 5.16 Å². The maximum absolute atomic E-state index is 11.9. The van der Waals surface area contributed by atoms with Crippen LogP contribution in [0.15, 0.2) is 28.7 Å². The molecule has 8 heteroatoms. The third kappa shape index (κ3) is 3.68. The van der Waals surface area contributed by atoms with Crippen molar-refractivity contribution in [1.29, 1.82) is 0 Å². The van der Waals surface area contributed by atoms with Gasteiger partial charge >= 0.3 is 5.97 Å². The van der Waals surface area contributed by atoms with Gasteiger partial charge in [0.25, 0.3) is 0 Å². The number of hydrogen-bond donors (Lipinski definition) is 0. The van der Waals surface area contributed by atoms with Gasteiger partial charge in [0.1, 0.15) is 9.90 Å². The van der Waals surface area contributed by atoms with E-state index in [0.717, 1.165) is 11.3 Å². The molecule has 2 aromatic rings. The summed E-state index contributed by atoms with van der Waals surface area (Å²) < 4.78 is 5.39. The van der Waals surface area contributed by atoms with E-state index in [-0.39, 0.29) is 11.3 Å². The van der Waals surface area contributed by atoms with E-state index < -0.39 is 5.97 Å². The topological polar surface area (TPSA) is 47.9 Å². The molecule has 4 nitrogen and oxygen atoms in total. The Labute approximate surface area is 139 Å². The first kappa shape index (κ1) is 16.1. The van der Waals surface area contributed by atoms with E-state index in [9.17, 15) is 4.79 Å². The molecule has 2 rings (SSSR count). The minimum absolute atomic E-state index is 0.204. The number of hydrogen-bond acceptors (Lipinski definition) is 5. The van der Waals surface area contributed by atoms with Gasteiger partial charge in [-0.3, -0.25) is 0 Å². The van der Waals surface area contributed by atoms with Crippen molar-refractivity contribution in [1.82, 2.24) is 0 Å². The van der Waals surface area contributed by atoms with Crippen LogP contribution in [-0.2, 0) is 4.84 Å². The summed E-state index contributed by atoms with van der Waals surface area (Å²) in [4.78, 5) is 16.6. The molecule has 0 aliphatic heterocycles. The molecular formula is C13H8Cl3NO3S. The first-order chi connectivity index (χ1) is 10.0. The third-order valence-corrected chi connectivity index (χ3v) is 4.29. The van der Waals surface area contributed by atoms with Crippen LogP contribution < -0.4 is 4.74 Å². The Bertz CT molecular complexity index is 680. The molecule has 0 bridgehead atoms. The van der Waals surface area contributed by atoms with E-state index in [1.165, 1.54) is 18.7 Å². The van der Waals surface area contributed by atoms with Gasteiger partial charge in [-0.15, -0.1) is 11.3 Å². The molecule has 1 aromatic carbocycles. The summed E-state index contributed by atoms with van der Waals surface area (Å²) in [5.41, 5.74) is 0.666. The van der Waals surface area contributed by atoms with Gasteiger partial charge in [0, 0.05) is 10.9 Å². The second kappa shape index (κ2) is 7.13. The van der Waals surface area contributed by atoms with Crippen LogP contribution in [0, 0.1) is 0 Å². The summed E-state index contributed by atoms with van der Waals surface area (Å²) in [6, 6.07) is 5.00. The highest BCUT2D eigenvalue weighted by atomic mass is 35.5. The Balaban J connectivity index is 2.12. The van der Waals surface area contributed by atoms with Crippen LogP contribution >= 0.6 is 46.1 Å². The quantitative estimate of drug-likeness (QED) is 0.440. The predicted molar refractivity (Wildman–Crippen MR) is 85.4 cm³/mol. The van der Waals surface area contributed by atoms with Crippen LogP contribution in [0.25, 0.3) is 0 Å². The van der Waals surface area contributed by atoms with Gasteiger partial charge in [0.15, 0.2) is 5.75 Å². The Morgan fingerprint density at radius 3 is 2.57 bits per heavy atom. The second-order valence-electron chi connectivity index (χ2n) is 3.70. The van der Waals surface area contributed by atoms with Crippen molar-refractivity contribution in [2.75, 3.05) is 7.11 Å². The lowest BCUT2D eigenvalue weighted by Crippen LogP contribution is -2.02. The smallest absolute Gasteiger partial charge is 0.370 e. The first-order valence-electron chi connectivity index (χ1n) is 5.54. The van der Waals surface area contributed by atoms with Crippen molar-refractivity contribution >= 4 is 58.3 Å². The zero-order valence-electron chi connectivity index (χ0n) is 10.6. The van der Waals surface area contributed by atoms with Gasteiger partial charge < -0.3 is 9.57 Å². The normalized spacial score (nSPS) is 10.9. The number of nitrogens with zero attached hydrogens (tertiary/aromatic N) is 1. The molecule has 0 aliphatic carbocycles. The number of methoxy groups -OCH3 is 1. The Hall–Kier alpha value is -1.27. The van der Waals surface area contributed by atoms with Crippen LogP contribution in [-0.4, -0.2) is 19.3 Å². The largest absolute Gasteiger partial charge is 0.493 e. The Morgan fingerprint density at radius 2 is 1.95 bits per heavy atom. The Kier molecular flexibility index (Phi) is 5.47. The molecule has 0 N–H and O–H groups in total. The number of thiophene rings is 1. The van der Waals surface area contributed by atoms with Crippen LogP contribution in [0.1, 0.15) is 15.9 Å². The number of ether oxygens (including phenoxy) is 1. The summed E-state index contributed by atoms with van der Waals surface area (Å²) in [6.07, 6.45) is 1.27. The summed E-state index contributed by atoms with van der Waals surface area (Å²) in [7, 11) is 1.41. The summed E-state index contributed by atoms with van der Waals surface area (Å²) in [6.45, 7) is 0. The number of carbonyl (C=O) groups excluding carboxylic acids is 1. The number of rotatable bonds is 4. The molecule has 0 fully saturated rings. The third-order valence-electron chi connectivity index (χ3n) is 2.44. The van der Waals surface area contributed by atoms with E-state index in [4.69, 9.17) is 44.4 Å². The standard InChI is InChI=1S/C13H8Cl3NO3S/c1-19-11-8(6-21-12(11)16)13(18)20-17-5-7-9(14)3-2-4-10(7)15/h2-6H,1H3/b17-5-. The molecule has 0 radical (unpaired) electrons. The average Bonchev–Trinajstić information content (AvgIpc) is 2.83. The number of oxime groups is 1. The predicted octanol–water partition coefficient (Wildman–Crippen LogP) is 4.91. The van der Waals surface area contributed by atoms with E-state index in [0.29, 0.717) is 19.9 Å². The molecule has 0 unspecified atom stereocenters. The molecule has 0 spiro atoms. The first-order valence-corrected chi connectivity index (χ1v) is 7.55. The molecule has 1 aromatic heterocycles. The molecule has 0 saturated heterocycles. The van der Waals surface area contributed by atoms with E-state index in [2.05, 4.69) is 5.16 Å². The maximum atomic E-state index is 11.9. The lowest BCUT2D eigenvalue weighted by Gasteiger charge is -2.01.